The van der Waals surface area contributed by atoms with Crippen molar-refractivity contribution in [3.63, 3.8) is 0 Å². The molecule has 2 aromatic heterocycles. The number of nitrogens with zero attached hydrogens (tertiary/aromatic N) is 4. The van der Waals surface area contributed by atoms with Crippen LogP contribution in [-0.4, -0.2) is 37.3 Å². The largest absolute Gasteiger partial charge is 0.325 e. The van der Waals surface area contributed by atoms with E-state index in [1.54, 1.807) is 12.3 Å². The summed E-state index contributed by atoms with van der Waals surface area (Å²) in [6.07, 6.45) is 1.64. The van der Waals surface area contributed by atoms with Gasteiger partial charge in [0.2, 0.25) is 11.8 Å². The number of amides is 2. The number of para-hydroxylation sites is 1. The van der Waals surface area contributed by atoms with Gasteiger partial charge in [-0.05, 0) is 31.2 Å². The maximum Gasteiger partial charge on any atom is 0.234 e. The number of carbonyl (C=O) groups is 2. The van der Waals surface area contributed by atoms with Crippen molar-refractivity contribution < 1.29 is 9.59 Å². The van der Waals surface area contributed by atoms with Crippen LogP contribution >= 0.6 is 11.8 Å². The number of pyridine rings is 1. The number of thioether (sulfide) groups is 1. The number of hydrogen-bond donors (Lipinski definition) is 2. The number of aromatic nitrogens is 4. The fraction of sp³-hybridized carbons (Fsp3) is 0.211. The van der Waals surface area contributed by atoms with Crippen molar-refractivity contribution in [1.82, 2.24) is 19.7 Å². The first-order valence-corrected chi connectivity index (χ1v) is 9.70. The molecule has 2 amide bonds. The summed E-state index contributed by atoms with van der Waals surface area (Å²) in [6.45, 7) is 4.07. The predicted molar refractivity (Wildman–Crippen MR) is 109 cm³/mol. The van der Waals surface area contributed by atoms with Crippen LogP contribution in [-0.2, 0) is 16.1 Å². The summed E-state index contributed by atoms with van der Waals surface area (Å²) < 4.78 is 1.93. The maximum atomic E-state index is 12.2. The number of benzene rings is 1. The van der Waals surface area contributed by atoms with Crippen LogP contribution in [0.3, 0.4) is 0 Å². The van der Waals surface area contributed by atoms with Gasteiger partial charge in [0.15, 0.2) is 11.0 Å². The molecule has 28 heavy (non-hydrogen) atoms. The molecular weight excluding hydrogens is 376 g/mol. The first kappa shape index (κ1) is 19.6. The average molecular weight is 396 g/mol. The molecule has 0 spiro atoms. The topological polar surface area (TPSA) is 102 Å². The Bertz CT molecular complexity index is 956. The van der Waals surface area contributed by atoms with Gasteiger partial charge in [0.1, 0.15) is 5.82 Å². The molecule has 0 aliphatic heterocycles. The molecule has 9 heteroatoms. The van der Waals surface area contributed by atoms with Crippen molar-refractivity contribution in [2.24, 2.45) is 0 Å². The fourth-order valence-corrected chi connectivity index (χ4v) is 3.33. The summed E-state index contributed by atoms with van der Waals surface area (Å²) >= 11 is 1.33. The van der Waals surface area contributed by atoms with E-state index in [4.69, 9.17) is 0 Å². The molecule has 0 aliphatic carbocycles. The third-order valence-corrected chi connectivity index (χ3v) is 4.72. The van der Waals surface area contributed by atoms with Crippen LogP contribution in [0, 0.1) is 0 Å². The third-order valence-electron chi connectivity index (χ3n) is 3.75. The molecule has 0 bridgehead atoms. The van der Waals surface area contributed by atoms with Gasteiger partial charge in [-0.1, -0.05) is 30.0 Å². The molecule has 1 aromatic carbocycles. The Morgan fingerprint density at radius 3 is 2.50 bits per heavy atom. The first-order valence-electron chi connectivity index (χ1n) is 8.71. The molecule has 3 aromatic rings. The van der Waals surface area contributed by atoms with Gasteiger partial charge in [0.05, 0.1) is 5.75 Å². The second-order valence-corrected chi connectivity index (χ2v) is 6.81. The second-order valence-electron chi connectivity index (χ2n) is 5.87. The van der Waals surface area contributed by atoms with Crippen LogP contribution in [0.25, 0.3) is 11.4 Å². The number of carbonyl (C=O) groups excluding carboxylic acids is 2. The smallest absolute Gasteiger partial charge is 0.234 e. The minimum absolute atomic E-state index is 0.107. The monoisotopic (exact) mass is 396 g/mol. The number of anilines is 2. The molecule has 0 radical (unpaired) electrons. The molecule has 0 atom stereocenters. The molecule has 0 fully saturated rings. The van der Waals surface area contributed by atoms with Crippen LogP contribution in [0.15, 0.2) is 53.8 Å². The molecule has 0 saturated heterocycles. The lowest BCUT2D eigenvalue weighted by atomic mass is 10.2. The number of nitrogens with one attached hydrogen (secondary N) is 2. The predicted octanol–water partition coefficient (Wildman–Crippen LogP) is 3.05. The highest BCUT2D eigenvalue weighted by atomic mass is 32.2. The van der Waals surface area contributed by atoms with Crippen molar-refractivity contribution >= 4 is 35.1 Å². The first-order chi connectivity index (χ1) is 13.6. The van der Waals surface area contributed by atoms with E-state index in [0.717, 1.165) is 11.3 Å². The Morgan fingerprint density at radius 1 is 1.07 bits per heavy atom. The lowest BCUT2D eigenvalue weighted by Crippen LogP contribution is -2.14. The van der Waals surface area contributed by atoms with Gasteiger partial charge < -0.3 is 15.2 Å². The lowest BCUT2D eigenvalue weighted by Gasteiger charge is -2.08. The van der Waals surface area contributed by atoms with Crippen molar-refractivity contribution in [3.05, 3.63) is 48.7 Å². The van der Waals surface area contributed by atoms with E-state index < -0.39 is 0 Å². The normalized spacial score (nSPS) is 10.5. The van der Waals surface area contributed by atoms with Gasteiger partial charge in [0.25, 0.3) is 0 Å². The Labute approximate surface area is 166 Å². The molecule has 8 nitrogen and oxygen atoms in total. The van der Waals surface area contributed by atoms with Gasteiger partial charge in [-0.15, -0.1) is 10.2 Å². The minimum Gasteiger partial charge on any atom is -0.325 e. The average Bonchev–Trinajstić information content (AvgIpc) is 3.10. The van der Waals surface area contributed by atoms with E-state index >= 15 is 0 Å². The van der Waals surface area contributed by atoms with Gasteiger partial charge in [-0.25, -0.2) is 4.98 Å². The summed E-state index contributed by atoms with van der Waals surface area (Å²) in [5, 5.41) is 14.6. The van der Waals surface area contributed by atoms with Crippen molar-refractivity contribution in [2.45, 2.75) is 25.5 Å². The van der Waals surface area contributed by atoms with Crippen molar-refractivity contribution in [3.8, 4) is 11.4 Å². The zero-order valence-electron chi connectivity index (χ0n) is 15.5. The van der Waals surface area contributed by atoms with Gasteiger partial charge in [-0.2, -0.15) is 0 Å². The van der Waals surface area contributed by atoms with Crippen LogP contribution in [0.1, 0.15) is 13.8 Å². The zero-order valence-corrected chi connectivity index (χ0v) is 16.4. The number of rotatable bonds is 7. The molecule has 0 saturated carbocycles. The summed E-state index contributed by atoms with van der Waals surface area (Å²) in [7, 11) is 0. The molecule has 3 rings (SSSR count). The SMILES string of the molecule is CCn1c(SCC(=O)Nc2ccccc2)nnc1-c1ccc(NC(C)=O)nc1. The van der Waals surface area contributed by atoms with Crippen LogP contribution in [0.5, 0.6) is 0 Å². The third kappa shape index (κ3) is 4.95. The van der Waals surface area contributed by atoms with Gasteiger partial charge >= 0.3 is 0 Å². The van der Waals surface area contributed by atoms with E-state index in [1.165, 1.54) is 18.7 Å². The van der Waals surface area contributed by atoms with Crippen LogP contribution in [0.2, 0.25) is 0 Å². The maximum absolute atomic E-state index is 12.2. The highest BCUT2D eigenvalue weighted by Crippen LogP contribution is 2.24. The van der Waals surface area contributed by atoms with Crippen molar-refractivity contribution in [1.29, 1.82) is 0 Å². The molecule has 0 unspecified atom stereocenters. The Kier molecular flexibility index (Phi) is 6.38. The van der Waals surface area contributed by atoms with E-state index in [-0.39, 0.29) is 17.6 Å². The summed E-state index contributed by atoms with van der Waals surface area (Å²) in [6, 6.07) is 12.9. The van der Waals surface area contributed by atoms with E-state index in [0.29, 0.717) is 23.3 Å². The molecule has 144 valence electrons. The van der Waals surface area contributed by atoms with Crippen LogP contribution in [0.4, 0.5) is 11.5 Å². The van der Waals surface area contributed by atoms with Gasteiger partial charge in [0, 0.05) is 30.9 Å². The van der Waals surface area contributed by atoms with E-state index in [2.05, 4.69) is 25.8 Å². The Hall–Kier alpha value is -3.20. The van der Waals surface area contributed by atoms with Crippen LogP contribution < -0.4 is 10.6 Å². The molecule has 0 aliphatic rings. The molecule has 2 N–H and O–H groups in total. The molecule has 2 heterocycles. The standard InChI is InChI=1S/C19H20N6O2S/c1-3-25-18(14-9-10-16(20-11-14)21-13(2)26)23-24-19(25)28-12-17(27)22-15-7-5-4-6-8-15/h4-11H,3,12H2,1-2H3,(H,22,27)(H,20,21,26). The summed E-state index contributed by atoms with van der Waals surface area (Å²) in [4.78, 5) is 27.5. The fourth-order valence-electron chi connectivity index (χ4n) is 2.52. The highest BCUT2D eigenvalue weighted by molar-refractivity contribution is 7.99. The van der Waals surface area contributed by atoms with Gasteiger partial charge in [-0.3, -0.25) is 9.59 Å². The minimum atomic E-state index is -0.176. The van der Waals surface area contributed by atoms with E-state index in [9.17, 15) is 9.59 Å². The zero-order chi connectivity index (χ0) is 19.9. The second kappa shape index (κ2) is 9.14. The Balaban J connectivity index is 1.68. The molecular formula is C19H20N6O2S. The highest BCUT2D eigenvalue weighted by Gasteiger charge is 2.15. The summed E-state index contributed by atoms with van der Waals surface area (Å²) in [5.74, 6) is 1.09. The quantitative estimate of drug-likeness (QED) is 0.595. The summed E-state index contributed by atoms with van der Waals surface area (Å²) in [5.41, 5.74) is 1.54. The van der Waals surface area contributed by atoms with E-state index in [1.807, 2.05) is 47.9 Å². The van der Waals surface area contributed by atoms with Crippen molar-refractivity contribution in [2.75, 3.05) is 16.4 Å². The Morgan fingerprint density at radius 2 is 1.86 bits per heavy atom. The lowest BCUT2D eigenvalue weighted by molar-refractivity contribution is -0.114. The number of hydrogen-bond acceptors (Lipinski definition) is 6.